The van der Waals surface area contributed by atoms with Crippen LogP contribution in [0, 0.1) is 0 Å². The number of benzene rings is 1. The summed E-state index contributed by atoms with van der Waals surface area (Å²) in [6.45, 7) is 1.35. The van der Waals surface area contributed by atoms with Gasteiger partial charge in [0.15, 0.2) is 0 Å². The Morgan fingerprint density at radius 2 is 2.10 bits per heavy atom. The van der Waals surface area contributed by atoms with Gasteiger partial charge in [0.25, 0.3) is 0 Å². The minimum Gasteiger partial charge on any atom is -0.496 e. The zero-order valence-electron chi connectivity index (χ0n) is 11.5. The van der Waals surface area contributed by atoms with E-state index in [1.54, 1.807) is 13.3 Å². The molecular weight excluding hydrogens is 320 g/mol. The van der Waals surface area contributed by atoms with Crippen LogP contribution in [-0.2, 0) is 13.1 Å². The Labute approximate surface area is 126 Å². The molecule has 2 rings (SSSR count). The van der Waals surface area contributed by atoms with Gasteiger partial charge in [0, 0.05) is 12.7 Å². The molecule has 1 aromatic carbocycles. The first-order valence-electron chi connectivity index (χ1n) is 6.25. The predicted octanol–water partition coefficient (Wildman–Crippen LogP) is 2.58. The summed E-state index contributed by atoms with van der Waals surface area (Å²) >= 11 is 3.48. The Kier molecular flexibility index (Phi) is 5.31. The van der Waals surface area contributed by atoms with Crippen molar-refractivity contribution < 1.29 is 4.74 Å². The maximum atomic E-state index is 5.21. The van der Waals surface area contributed by atoms with E-state index in [4.69, 9.17) is 4.74 Å². The van der Waals surface area contributed by atoms with Crippen LogP contribution in [0.2, 0.25) is 0 Å². The van der Waals surface area contributed by atoms with E-state index in [0.29, 0.717) is 13.1 Å². The summed E-state index contributed by atoms with van der Waals surface area (Å²) in [6, 6.07) is 7.85. The van der Waals surface area contributed by atoms with Gasteiger partial charge in [0.1, 0.15) is 17.4 Å². The fraction of sp³-hybridized carbons (Fsp3) is 0.286. The second kappa shape index (κ2) is 7.21. The lowest BCUT2D eigenvalue weighted by Gasteiger charge is -2.09. The van der Waals surface area contributed by atoms with Crippen molar-refractivity contribution in [2.24, 2.45) is 0 Å². The number of aromatic nitrogens is 2. The first-order chi connectivity index (χ1) is 9.72. The van der Waals surface area contributed by atoms with Crippen LogP contribution in [-0.4, -0.2) is 24.1 Å². The molecule has 1 aromatic heterocycles. The predicted molar refractivity (Wildman–Crippen MR) is 82.8 cm³/mol. The van der Waals surface area contributed by atoms with Crippen molar-refractivity contribution in [1.29, 1.82) is 0 Å². The maximum Gasteiger partial charge on any atom is 0.144 e. The molecule has 106 valence electrons. The van der Waals surface area contributed by atoms with E-state index in [0.717, 1.165) is 27.4 Å². The SMILES string of the molecule is CNCc1nccc(NCc2ccc(OC)c(Br)c2)n1. The molecule has 1 heterocycles. The van der Waals surface area contributed by atoms with Crippen LogP contribution in [0.25, 0.3) is 0 Å². The van der Waals surface area contributed by atoms with Gasteiger partial charge in [-0.15, -0.1) is 0 Å². The molecule has 0 saturated carbocycles. The van der Waals surface area contributed by atoms with E-state index < -0.39 is 0 Å². The van der Waals surface area contributed by atoms with Crippen molar-refractivity contribution in [1.82, 2.24) is 15.3 Å². The van der Waals surface area contributed by atoms with Gasteiger partial charge >= 0.3 is 0 Å². The highest BCUT2D eigenvalue weighted by Crippen LogP contribution is 2.25. The number of halogens is 1. The van der Waals surface area contributed by atoms with Gasteiger partial charge < -0.3 is 15.4 Å². The third kappa shape index (κ3) is 3.91. The summed E-state index contributed by atoms with van der Waals surface area (Å²) in [5.41, 5.74) is 1.14. The van der Waals surface area contributed by atoms with E-state index in [1.807, 2.05) is 31.3 Å². The molecule has 0 amide bonds. The minimum atomic E-state index is 0.656. The Morgan fingerprint density at radius 3 is 2.80 bits per heavy atom. The number of hydrogen-bond acceptors (Lipinski definition) is 5. The topological polar surface area (TPSA) is 59.1 Å². The second-order valence-corrected chi connectivity index (χ2v) is 5.07. The molecule has 2 aromatic rings. The van der Waals surface area contributed by atoms with Gasteiger partial charge in [0.05, 0.1) is 18.1 Å². The average Bonchev–Trinajstić information content (AvgIpc) is 2.46. The van der Waals surface area contributed by atoms with Crippen molar-refractivity contribution >= 4 is 21.7 Å². The molecule has 2 N–H and O–H groups in total. The molecule has 0 spiro atoms. The molecule has 5 nitrogen and oxygen atoms in total. The quantitative estimate of drug-likeness (QED) is 0.849. The lowest BCUT2D eigenvalue weighted by atomic mass is 10.2. The lowest BCUT2D eigenvalue weighted by Crippen LogP contribution is -2.10. The smallest absolute Gasteiger partial charge is 0.144 e. The minimum absolute atomic E-state index is 0.656. The van der Waals surface area contributed by atoms with E-state index in [9.17, 15) is 0 Å². The molecule has 20 heavy (non-hydrogen) atoms. The number of anilines is 1. The van der Waals surface area contributed by atoms with E-state index >= 15 is 0 Å². The van der Waals surface area contributed by atoms with Crippen molar-refractivity contribution in [3.8, 4) is 5.75 Å². The molecule has 0 radical (unpaired) electrons. The van der Waals surface area contributed by atoms with Crippen LogP contribution in [0.15, 0.2) is 34.9 Å². The van der Waals surface area contributed by atoms with Crippen LogP contribution < -0.4 is 15.4 Å². The largest absolute Gasteiger partial charge is 0.496 e. The first kappa shape index (κ1) is 14.7. The Bertz CT molecular complexity index is 577. The van der Waals surface area contributed by atoms with E-state index in [-0.39, 0.29) is 0 Å². The molecule has 6 heteroatoms. The van der Waals surface area contributed by atoms with Crippen LogP contribution >= 0.6 is 15.9 Å². The number of ether oxygens (including phenoxy) is 1. The fourth-order valence-electron chi connectivity index (χ4n) is 1.75. The molecule has 0 fully saturated rings. The molecular formula is C14H17BrN4O. The van der Waals surface area contributed by atoms with Crippen molar-refractivity contribution in [2.75, 3.05) is 19.5 Å². The summed E-state index contributed by atoms with van der Waals surface area (Å²) in [5.74, 6) is 2.41. The van der Waals surface area contributed by atoms with E-state index in [1.165, 1.54) is 0 Å². The van der Waals surface area contributed by atoms with Crippen molar-refractivity contribution in [3.05, 3.63) is 46.3 Å². The molecule has 0 aliphatic heterocycles. The van der Waals surface area contributed by atoms with Crippen LogP contribution in [0.1, 0.15) is 11.4 Å². The summed E-state index contributed by atoms with van der Waals surface area (Å²) in [7, 11) is 3.53. The zero-order chi connectivity index (χ0) is 14.4. The standard InChI is InChI=1S/C14H17BrN4O/c1-16-9-14-17-6-5-13(19-14)18-8-10-3-4-12(20-2)11(15)7-10/h3-7,16H,8-9H2,1-2H3,(H,17,18,19). The Morgan fingerprint density at radius 1 is 1.25 bits per heavy atom. The highest BCUT2D eigenvalue weighted by molar-refractivity contribution is 9.10. The first-order valence-corrected chi connectivity index (χ1v) is 7.05. The second-order valence-electron chi connectivity index (χ2n) is 4.21. The summed E-state index contributed by atoms with van der Waals surface area (Å²) in [6.07, 6.45) is 1.76. The summed E-state index contributed by atoms with van der Waals surface area (Å²) < 4.78 is 6.15. The number of methoxy groups -OCH3 is 1. The van der Waals surface area contributed by atoms with Gasteiger partial charge in [-0.05, 0) is 46.7 Å². The molecule has 0 unspecified atom stereocenters. The number of hydrogen-bond donors (Lipinski definition) is 2. The molecule has 0 aliphatic carbocycles. The average molecular weight is 337 g/mol. The van der Waals surface area contributed by atoms with E-state index in [2.05, 4.69) is 36.5 Å². The van der Waals surface area contributed by atoms with Gasteiger partial charge in [-0.3, -0.25) is 0 Å². The van der Waals surface area contributed by atoms with Gasteiger partial charge in [-0.1, -0.05) is 6.07 Å². The highest BCUT2D eigenvalue weighted by atomic mass is 79.9. The van der Waals surface area contributed by atoms with Gasteiger partial charge in [-0.25, -0.2) is 9.97 Å². The monoisotopic (exact) mass is 336 g/mol. The lowest BCUT2D eigenvalue weighted by molar-refractivity contribution is 0.412. The third-order valence-corrected chi connectivity index (χ3v) is 3.35. The third-order valence-electron chi connectivity index (χ3n) is 2.73. The van der Waals surface area contributed by atoms with Crippen LogP contribution in [0.4, 0.5) is 5.82 Å². The molecule has 0 bridgehead atoms. The van der Waals surface area contributed by atoms with Crippen LogP contribution in [0.3, 0.4) is 0 Å². The maximum absolute atomic E-state index is 5.21. The zero-order valence-corrected chi connectivity index (χ0v) is 13.1. The number of nitrogens with zero attached hydrogens (tertiary/aromatic N) is 2. The highest BCUT2D eigenvalue weighted by Gasteiger charge is 2.02. The summed E-state index contributed by atoms with van der Waals surface area (Å²) in [5, 5.41) is 6.32. The summed E-state index contributed by atoms with van der Waals surface area (Å²) in [4.78, 5) is 8.60. The Balaban J connectivity index is 2.01. The normalized spacial score (nSPS) is 10.3. The molecule has 0 saturated heterocycles. The molecule has 0 atom stereocenters. The fourth-order valence-corrected chi connectivity index (χ4v) is 2.34. The van der Waals surface area contributed by atoms with Crippen molar-refractivity contribution in [3.63, 3.8) is 0 Å². The van der Waals surface area contributed by atoms with Crippen LogP contribution in [0.5, 0.6) is 5.75 Å². The van der Waals surface area contributed by atoms with Crippen molar-refractivity contribution in [2.45, 2.75) is 13.1 Å². The Hall–Kier alpha value is -1.66. The number of rotatable bonds is 6. The van der Waals surface area contributed by atoms with Gasteiger partial charge in [0.2, 0.25) is 0 Å². The number of nitrogens with one attached hydrogen (secondary N) is 2. The molecule has 0 aliphatic rings. The van der Waals surface area contributed by atoms with Gasteiger partial charge in [-0.2, -0.15) is 0 Å².